The quantitative estimate of drug-likeness (QED) is 0.701. The normalized spacial score (nSPS) is 22.7. The second kappa shape index (κ2) is 8.37. The van der Waals surface area contributed by atoms with Gasteiger partial charge in [-0.05, 0) is 39.0 Å². The van der Waals surface area contributed by atoms with Gasteiger partial charge in [-0.3, -0.25) is 14.5 Å². The molecule has 0 spiro atoms. The highest BCUT2D eigenvalue weighted by Crippen LogP contribution is 2.21. The Morgan fingerprint density at radius 3 is 2.24 bits per heavy atom. The van der Waals surface area contributed by atoms with E-state index in [1.165, 1.54) is 6.42 Å². The van der Waals surface area contributed by atoms with Crippen molar-refractivity contribution in [1.29, 1.82) is 0 Å². The average molecular weight is 298 g/mol. The van der Waals surface area contributed by atoms with Crippen LogP contribution in [0.3, 0.4) is 0 Å². The zero-order valence-electron chi connectivity index (χ0n) is 14.1. The minimum Gasteiger partial charge on any atom is -0.465 e. The third-order valence-electron chi connectivity index (χ3n) is 3.93. The maximum Gasteiger partial charge on any atom is 0.320 e. The number of esters is 1. The molecule has 0 aromatic heterocycles. The van der Waals surface area contributed by atoms with Crippen LogP contribution in [-0.4, -0.2) is 60.5 Å². The van der Waals surface area contributed by atoms with Crippen LogP contribution in [0.1, 0.15) is 41.0 Å². The summed E-state index contributed by atoms with van der Waals surface area (Å²) < 4.78 is 4.98. The first-order chi connectivity index (χ1) is 9.83. The molecular weight excluding hydrogens is 268 g/mol. The van der Waals surface area contributed by atoms with Crippen molar-refractivity contribution in [3.8, 4) is 0 Å². The van der Waals surface area contributed by atoms with E-state index in [4.69, 9.17) is 4.74 Å². The van der Waals surface area contributed by atoms with Gasteiger partial charge >= 0.3 is 5.97 Å². The van der Waals surface area contributed by atoms with Crippen molar-refractivity contribution in [1.82, 2.24) is 9.80 Å². The third-order valence-corrected chi connectivity index (χ3v) is 3.93. The molecule has 1 fully saturated rings. The number of carbonyl (C=O) groups excluding carboxylic acids is 2. The van der Waals surface area contributed by atoms with E-state index in [1.807, 2.05) is 23.6 Å². The largest absolute Gasteiger partial charge is 0.465 e. The summed E-state index contributed by atoms with van der Waals surface area (Å²) in [5, 5.41) is 0. The number of piperidine rings is 1. The highest BCUT2D eigenvalue weighted by Gasteiger charge is 2.27. The Bertz CT molecular complexity index is 347. The molecule has 0 aromatic carbocycles. The zero-order chi connectivity index (χ0) is 16.0. The smallest absolute Gasteiger partial charge is 0.320 e. The Hall–Kier alpha value is -1.10. The number of hydrogen-bond donors (Lipinski definition) is 0. The van der Waals surface area contributed by atoms with Crippen molar-refractivity contribution in [2.45, 2.75) is 47.1 Å². The lowest BCUT2D eigenvalue weighted by atomic mass is 9.92. The summed E-state index contributed by atoms with van der Waals surface area (Å²) in [7, 11) is 0. The van der Waals surface area contributed by atoms with E-state index < -0.39 is 0 Å². The summed E-state index contributed by atoms with van der Waals surface area (Å²) in [6.45, 7) is 12.7. The molecule has 0 aromatic rings. The molecule has 1 heterocycles. The molecule has 0 saturated carbocycles. The number of rotatable bonds is 6. The fourth-order valence-electron chi connectivity index (χ4n) is 2.93. The van der Waals surface area contributed by atoms with Crippen LogP contribution in [0.15, 0.2) is 0 Å². The molecule has 1 saturated heterocycles. The summed E-state index contributed by atoms with van der Waals surface area (Å²) in [5.41, 5.74) is 0. The van der Waals surface area contributed by atoms with Crippen LogP contribution in [-0.2, 0) is 14.3 Å². The van der Waals surface area contributed by atoms with Crippen LogP contribution in [0, 0.1) is 11.8 Å². The van der Waals surface area contributed by atoms with Crippen LogP contribution < -0.4 is 0 Å². The number of nitrogens with zero attached hydrogens (tertiary/aromatic N) is 2. The summed E-state index contributed by atoms with van der Waals surface area (Å²) in [6, 6.07) is 0.137. The first-order valence-electron chi connectivity index (χ1n) is 8.00. The maximum absolute atomic E-state index is 12.5. The molecule has 5 heteroatoms. The average Bonchev–Trinajstić information content (AvgIpc) is 2.36. The lowest BCUT2D eigenvalue weighted by molar-refractivity contribution is -0.146. The summed E-state index contributed by atoms with van der Waals surface area (Å²) in [4.78, 5) is 27.9. The number of ether oxygens (including phenoxy) is 1. The first-order valence-corrected chi connectivity index (χ1v) is 8.00. The molecule has 0 radical (unpaired) electrons. The number of likely N-dealkylation sites (tertiary alicyclic amines) is 1. The minimum absolute atomic E-state index is 0.117. The molecule has 0 N–H and O–H groups in total. The Labute approximate surface area is 128 Å². The second-order valence-electron chi connectivity index (χ2n) is 6.55. The van der Waals surface area contributed by atoms with Crippen LogP contribution in [0.2, 0.25) is 0 Å². The van der Waals surface area contributed by atoms with E-state index in [0.717, 1.165) is 13.1 Å². The topological polar surface area (TPSA) is 49.9 Å². The van der Waals surface area contributed by atoms with Gasteiger partial charge in [0.2, 0.25) is 5.91 Å². The SMILES string of the molecule is CCOC(=O)CN(CC(=O)N1CC(C)CC(C)C1)C(C)C. The van der Waals surface area contributed by atoms with E-state index in [1.54, 1.807) is 6.92 Å². The number of hydrogen-bond acceptors (Lipinski definition) is 4. The summed E-state index contributed by atoms with van der Waals surface area (Å²) in [6.07, 6.45) is 1.18. The molecule has 122 valence electrons. The minimum atomic E-state index is -0.264. The molecule has 2 unspecified atom stereocenters. The Balaban J connectivity index is 2.57. The van der Waals surface area contributed by atoms with Gasteiger partial charge in [0.05, 0.1) is 19.7 Å². The van der Waals surface area contributed by atoms with Crippen LogP contribution >= 0.6 is 0 Å². The van der Waals surface area contributed by atoms with E-state index in [9.17, 15) is 9.59 Å². The molecule has 1 aliphatic rings. The molecule has 1 aliphatic heterocycles. The van der Waals surface area contributed by atoms with E-state index in [2.05, 4.69) is 13.8 Å². The molecule has 5 nitrogen and oxygen atoms in total. The lowest BCUT2D eigenvalue weighted by Gasteiger charge is -2.36. The zero-order valence-corrected chi connectivity index (χ0v) is 14.1. The van der Waals surface area contributed by atoms with Crippen LogP contribution in [0.4, 0.5) is 0 Å². The van der Waals surface area contributed by atoms with Crippen molar-refractivity contribution in [2.75, 3.05) is 32.8 Å². The third kappa shape index (κ3) is 6.04. The van der Waals surface area contributed by atoms with Gasteiger partial charge in [-0.25, -0.2) is 0 Å². The Morgan fingerprint density at radius 1 is 1.19 bits per heavy atom. The highest BCUT2D eigenvalue weighted by molar-refractivity contribution is 5.79. The van der Waals surface area contributed by atoms with Crippen LogP contribution in [0.25, 0.3) is 0 Å². The predicted octanol–water partition coefficient (Wildman–Crippen LogP) is 1.76. The molecular formula is C16H30N2O3. The van der Waals surface area contributed by atoms with Gasteiger partial charge < -0.3 is 9.64 Å². The fourth-order valence-corrected chi connectivity index (χ4v) is 2.93. The first kappa shape index (κ1) is 18.0. The predicted molar refractivity (Wildman–Crippen MR) is 82.9 cm³/mol. The van der Waals surface area contributed by atoms with Gasteiger partial charge in [0, 0.05) is 19.1 Å². The number of carbonyl (C=O) groups is 2. The van der Waals surface area contributed by atoms with Gasteiger partial charge in [-0.15, -0.1) is 0 Å². The van der Waals surface area contributed by atoms with E-state index >= 15 is 0 Å². The van der Waals surface area contributed by atoms with Gasteiger partial charge in [-0.1, -0.05) is 13.8 Å². The summed E-state index contributed by atoms with van der Waals surface area (Å²) in [5.74, 6) is 0.955. The molecule has 1 rings (SSSR count). The van der Waals surface area contributed by atoms with Gasteiger partial charge in [0.15, 0.2) is 0 Å². The van der Waals surface area contributed by atoms with Crippen molar-refractivity contribution < 1.29 is 14.3 Å². The fraction of sp³-hybridized carbons (Fsp3) is 0.875. The van der Waals surface area contributed by atoms with E-state index in [-0.39, 0.29) is 31.0 Å². The number of amides is 1. The van der Waals surface area contributed by atoms with Crippen molar-refractivity contribution in [3.63, 3.8) is 0 Å². The molecule has 1 amide bonds. The maximum atomic E-state index is 12.5. The van der Waals surface area contributed by atoms with Gasteiger partial charge in [0.25, 0.3) is 0 Å². The van der Waals surface area contributed by atoms with Gasteiger partial charge in [0.1, 0.15) is 0 Å². The summed E-state index contributed by atoms with van der Waals surface area (Å²) >= 11 is 0. The second-order valence-corrected chi connectivity index (χ2v) is 6.55. The van der Waals surface area contributed by atoms with Crippen molar-refractivity contribution in [3.05, 3.63) is 0 Å². The Kier molecular flexibility index (Phi) is 7.15. The molecule has 0 aliphatic carbocycles. The van der Waals surface area contributed by atoms with Crippen LogP contribution in [0.5, 0.6) is 0 Å². The van der Waals surface area contributed by atoms with Gasteiger partial charge in [-0.2, -0.15) is 0 Å². The Morgan fingerprint density at radius 2 is 1.76 bits per heavy atom. The standard InChI is InChI=1S/C16H30N2O3/c1-6-21-16(20)11-17(12(2)3)10-15(19)18-8-13(4)7-14(5)9-18/h12-14H,6-11H2,1-5H3. The van der Waals surface area contributed by atoms with E-state index in [0.29, 0.717) is 18.4 Å². The van der Waals surface area contributed by atoms with Crippen molar-refractivity contribution >= 4 is 11.9 Å². The molecule has 2 atom stereocenters. The van der Waals surface area contributed by atoms with Crippen molar-refractivity contribution in [2.24, 2.45) is 11.8 Å². The molecule has 0 bridgehead atoms. The monoisotopic (exact) mass is 298 g/mol. The molecule has 21 heavy (non-hydrogen) atoms. The lowest BCUT2D eigenvalue weighted by Crippen LogP contribution is -2.49. The highest BCUT2D eigenvalue weighted by atomic mass is 16.5.